The molecule has 1 heteroatoms. The highest BCUT2D eigenvalue weighted by Crippen LogP contribution is 2.08. The van der Waals surface area contributed by atoms with E-state index in [2.05, 4.69) is 56.2 Å². The van der Waals surface area contributed by atoms with Gasteiger partial charge in [0.25, 0.3) is 0 Å². The predicted molar refractivity (Wildman–Crippen MR) is 71.1 cm³/mol. The summed E-state index contributed by atoms with van der Waals surface area (Å²) in [6, 6.07) is 8.58. The number of hydrogen-bond acceptors (Lipinski definition) is 1. The molecule has 1 N–H and O–H groups in total. The zero-order chi connectivity index (χ0) is 12.0. The van der Waals surface area contributed by atoms with E-state index in [0.29, 0.717) is 0 Å². The second-order valence-electron chi connectivity index (χ2n) is 3.94. The third-order valence-corrected chi connectivity index (χ3v) is 2.42. The van der Waals surface area contributed by atoms with Gasteiger partial charge in [0.1, 0.15) is 0 Å². The first-order valence-electron chi connectivity index (χ1n) is 5.43. The first-order valence-corrected chi connectivity index (χ1v) is 5.43. The highest BCUT2D eigenvalue weighted by atomic mass is 14.9. The number of rotatable bonds is 6. The van der Waals surface area contributed by atoms with Gasteiger partial charge in [0.05, 0.1) is 0 Å². The molecule has 1 rings (SSSR count). The Hall–Kier alpha value is -1.76. The highest BCUT2D eigenvalue weighted by Gasteiger charge is 1.97. The lowest BCUT2D eigenvalue weighted by Crippen LogP contribution is -2.09. The molecule has 84 valence electrons. The summed E-state index contributed by atoms with van der Waals surface area (Å²) in [5.74, 6) is 0. The van der Waals surface area contributed by atoms with Crippen molar-refractivity contribution in [2.45, 2.75) is 19.8 Å². The summed E-state index contributed by atoms with van der Waals surface area (Å²) < 4.78 is 0. The molecular weight excluding hydrogens is 194 g/mol. The first-order chi connectivity index (χ1) is 7.61. The molecule has 0 aliphatic heterocycles. The van der Waals surface area contributed by atoms with E-state index < -0.39 is 0 Å². The molecule has 0 heterocycles. The molecule has 0 amide bonds. The van der Waals surface area contributed by atoms with Gasteiger partial charge in [0.2, 0.25) is 0 Å². The quantitative estimate of drug-likeness (QED) is 0.710. The minimum absolute atomic E-state index is 0.800. The summed E-state index contributed by atoms with van der Waals surface area (Å²) in [5.41, 5.74) is 4.40. The molecular formula is C15H19N. The zero-order valence-electron chi connectivity index (χ0n) is 9.92. The van der Waals surface area contributed by atoms with E-state index in [0.717, 1.165) is 24.2 Å². The van der Waals surface area contributed by atoms with Crippen LogP contribution in [0.1, 0.15) is 17.5 Å². The van der Waals surface area contributed by atoms with Gasteiger partial charge in [-0.1, -0.05) is 49.6 Å². The summed E-state index contributed by atoms with van der Waals surface area (Å²) in [4.78, 5) is 0. The highest BCUT2D eigenvalue weighted by molar-refractivity contribution is 5.22. The van der Waals surface area contributed by atoms with Crippen molar-refractivity contribution >= 4 is 0 Å². The van der Waals surface area contributed by atoms with Crippen molar-refractivity contribution in [3.63, 3.8) is 0 Å². The van der Waals surface area contributed by atoms with Gasteiger partial charge in [-0.3, -0.25) is 0 Å². The lowest BCUT2D eigenvalue weighted by molar-refractivity contribution is 0.852. The van der Waals surface area contributed by atoms with E-state index in [1.807, 2.05) is 0 Å². The molecule has 0 saturated heterocycles. The molecule has 0 bridgehead atoms. The van der Waals surface area contributed by atoms with Gasteiger partial charge < -0.3 is 5.32 Å². The van der Waals surface area contributed by atoms with E-state index >= 15 is 0 Å². The number of benzene rings is 1. The standard InChI is InChI=1S/C15H19N/c1-5-13(3)16-14(4)8-11-15-9-6-12(2)7-10-15/h5-7,9-10,16H,1,3-4,8,11H2,2H3. The fourth-order valence-electron chi connectivity index (χ4n) is 1.39. The van der Waals surface area contributed by atoms with Gasteiger partial charge in [0.15, 0.2) is 0 Å². The summed E-state index contributed by atoms with van der Waals surface area (Å²) in [6.45, 7) is 13.5. The maximum Gasteiger partial charge on any atom is 0.0302 e. The van der Waals surface area contributed by atoms with Crippen LogP contribution < -0.4 is 5.32 Å². The fraction of sp³-hybridized carbons (Fsp3) is 0.200. The summed E-state index contributed by atoms with van der Waals surface area (Å²) >= 11 is 0. The predicted octanol–water partition coefficient (Wildman–Crippen LogP) is 3.73. The van der Waals surface area contributed by atoms with Crippen LogP contribution in [-0.4, -0.2) is 0 Å². The topological polar surface area (TPSA) is 12.0 Å². The number of hydrogen-bond donors (Lipinski definition) is 1. The third-order valence-electron chi connectivity index (χ3n) is 2.42. The SMILES string of the molecule is C=CC(=C)NC(=C)CCc1ccc(C)cc1. The van der Waals surface area contributed by atoms with Crippen LogP contribution in [0, 0.1) is 6.92 Å². The Labute approximate surface area is 98.2 Å². The Balaban J connectivity index is 2.40. The minimum Gasteiger partial charge on any atom is -0.360 e. The van der Waals surface area contributed by atoms with Crippen LogP contribution in [0.2, 0.25) is 0 Å². The molecule has 1 aromatic carbocycles. The summed E-state index contributed by atoms with van der Waals surface area (Å²) in [6.07, 6.45) is 3.60. The molecule has 0 radical (unpaired) electrons. The smallest absolute Gasteiger partial charge is 0.0302 e. The lowest BCUT2D eigenvalue weighted by atomic mass is 10.1. The number of nitrogens with one attached hydrogen (secondary N) is 1. The molecule has 1 aromatic rings. The van der Waals surface area contributed by atoms with E-state index in [9.17, 15) is 0 Å². The Bertz CT molecular complexity index is 384. The van der Waals surface area contributed by atoms with Crippen LogP contribution in [0.15, 0.2) is 61.5 Å². The van der Waals surface area contributed by atoms with Gasteiger partial charge in [-0.2, -0.15) is 0 Å². The lowest BCUT2D eigenvalue weighted by Gasteiger charge is -2.09. The molecule has 0 atom stereocenters. The molecule has 0 fully saturated rings. The first kappa shape index (κ1) is 12.3. The molecule has 0 aromatic heterocycles. The van der Waals surface area contributed by atoms with Crippen molar-refractivity contribution < 1.29 is 0 Å². The van der Waals surface area contributed by atoms with Crippen LogP contribution in [0.25, 0.3) is 0 Å². The average molecular weight is 213 g/mol. The largest absolute Gasteiger partial charge is 0.360 e. The van der Waals surface area contributed by atoms with Crippen molar-refractivity contribution in [2.24, 2.45) is 0 Å². The third kappa shape index (κ3) is 4.18. The monoisotopic (exact) mass is 213 g/mol. The number of aryl methyl sites for hydroxylation is 2. The summed E-state index contributed by atoms with van der Waals surface area (Å²) in [5, 5.41) is 3.10. The molecule has 0 unspecified atom stereocenters. The molecule has 0 aliphatic carbocycles. The van der Waals surface area contributed by atoms with Gasteiger partial charge in [-0.05, 0) is 31.4 Å². The van der Waals surface area contributed by atoms with Gasteiger partial charge in [0, 0.05) is 11.4 Å². The zero-order valence-corrected chi connectivity index (χ0v) is 9.92. The Morgan fingerprint density at radius 1 is 1.25 bits per heavy atom. The normalized spacial score (nSPS) is 9.56. The van der Waals surface area contributed by atoms with Crippen LogP contribution >= 0.6 is 0 Å². The fourth-order valence-corrected chi connectivity index (χ4v) is 1.39. The van der Waals surface area contributed by atoms with E-state index in [1.54, 1.807) is 6.08 Å². The van der Waals surface area contributed by atoms with Crippen LogP contribution in [0.4, 0.5) is 0 Å². The second kappa shape index (κ2) is 5.96. The van der Waals surface area contributed by atoms with Crippen LogP contribution in [-0.2, 0) is 6.42 Å². The van der Waals surface area contributed by atoms with Crippen molar-refractivity contribution in [2.75, 3.05) is 0 Å². The minimum atomic E-state index is 0.800. The van der Waals surface area contributed by atoms with E-state index in [-0.39, 0.29) is 0 Å². The molecule has 16 heavy (non-hydrogen) atoms. The molecule has 0 spiro atoms. The van der Waals surface area contributed by atoms with Gasteiger partial charge in [-0.25, -0.2) is 0 Å². The Kier molecular flexibility index (Phi) is 4.59. The average Bonchev–Trinajstić information content (AvgIpc) is 2.28. The van der Waals surface area contributed by atoms with Crippen LogP contribution in [0.3, 0.4) is 0 Å². The van der Waals surface area contributed by atoms with Crippen molar-refractivity contribution in [3.8, 4) is 0 Å². The van der Waals surface area contributed by atoms with Crippen LogP contribution in [0.5, 0.6) is 0 Å². The van der Waals surface area contributed by atoms with Gasteiger partial charge in [-0.15, -0.1) is 0 Å². The maximum absolute atomic E-state index is 3.96. The maximum atomic E-state index is 3.96. The van der Waals surface area contributed by atoms with Gasteiger partial charge >= 0.3 is 0 Å². The molecule has 1 nitrogen and oxygen atoms in total. The van der Waals surface area contributed by atoms with E-state index in [4.69, 9.17) is 0 Å². The Morgan fingerprint density at radius 3 is 2.44 bits per heavy atom. The second-order valence-corrected chi connectivity index (χ2v) is 3.94. The molecule has 0 aliphatic rings. The molecule has 0 saturated carbocycles. The Morgan fingerprint density at radius 2 is 1.88 bits per heavy atom. The van der Waals surface area contributed by atoms with E-state index in [1.165, 1.54) is 11.1 Å². The number of allylic oxidation sites excluding steroid dienone is 2. The van der Waals surface area contributed by atoms with Crippen molar-refractivity contribution in [1.29, 1.82) is 0 Å². The summed E-state index contributed by atoms with van der Waals surface area (Å²) in [7, 11) is 0. The van der Waals surface area contributed by atoms with Crippen molar-refractivity contribution in [1.82, 2.24) is 5.32 Å². The van der Waals surface area contributed by atoms with Crippen molar-refractivity contribution in [3.05, 3.63) is 72.6 Å².